The van der Waals surface area contributed by atoms with Crippen LogP contribution >= 0.6 is 0 Å². The number of hydrogen-bond acceptors (Lipinski definition) is 3. The highest BCUT2D eigenvalue weighted by molar-refractivity contribution is 4.99. The summed E-state index contributed by atoms with van der Waals surface area (Å²) in [5.41, 5.74) is 1.16. The van der Waals surface area contributed by atoms with Crippen molar-refractivity contribution in [3.05, 3.63) is 18.0 Å². The van der Waals surface area contributed by atoms with E-state index in [4.69, 9.17) is 0 Å². The minimum absolute atomic E-state index is 0.441. The molecule has 0 radical (unpaired) electrons. The molecule has 0 bridgehead atoms. The Morgan fingerprint density at radius 1 is 1.33 bits per heavy atom. The third-order valence-corrected chi connectivity index (χ3v) is 3.01. The topological polar surface area (TPSA) is 33.1 Å². The van der Waals surface area contributed by atoms with Crippen LogP contribution in [0.25, 0.3) is 0 Å². The van der Waals surface area contributed by atoms with Crippen LogP contribution in [0, 0.1) is 0 Å². The molecular weight excluding hydrogens is 224 g/mol. The number of rotatable bonds is 8. The summed E-state index contributed by atoms with van der Waals surface area (Å²) in [5, 5.41) is 8.05. The van der Waals surface area contributed by atoms with E-state index in [2.05, 4.69) is 62.2 Å². The van der Waals surface area contributed by atoms with Gasteiger partial charge in [-0.05, 0) is 26.5 Å². The molecule has 0 unspecified atom stereocenters. The number of nitrogens with zero attached hydrogens (tertiary/aromatic N) is 3. The van der Waals surface area contributed by atoms with Crippen LogP contribution in [-0.4, -0.2) is 40.4 Å². The Morgan fingerprint density at radius 3 is 2.56 bits per heavy atom. The highest BCUT2D eigenvalue weighted by Crippen LogP contribution is 2.06. The Balaban J connectivity index is 2.41. The molecule has 0 spiro atoms. The molecule has 0 aliphatic carbocycles. The van der Waals surface area contributed by atoms with Crippen molar-refractivity contribution in [1.29, 1.82) is 0 Å². The first-order chi connectivity index (χ1) is 8.52. The largest absolute Gasteiger partial charge is 0.313 e. The number of nitrogens with one attached hydrogen (secondary N) is 1. The van der Waals surface area contributed by atoms with E-state index in [1.807, 2.05) is 4.68 Å². The molecule has 0 saturated heterocycles. The fourth-order valence-corrected chi connectivity index (χ4v) is 1.84. The Bertz CT molecular complexity index is 330. The van der Waals surface area contributed by atoms with Crippen molar-refractivity contribution in [1.82, 2.24) is 20.0 Å². The van der Waals surface area contributed by atoms with Crippen LogP contribution in [0.2, 0.25) is 0 Å². The minimum Gasteiger partial charge on any atom is -0.313 e. The first-order valence-electron chi connectivity index (χ1n) is 7.02. The van der Waals surface area contributed by atoms with Crippen LogP contribution in [0.15, 0.2) is 12.3 Å². The van der Waals surface area contributed by atoms with E-state index in [-0.39, 0.29) is 0 Å². The Kier molecular flexibility index (Phi) is 6.36. The second-order valence-corrected chi connectivity index (χ2v) is 5.36. The summed E-state index contributed by atoms with van der Waals surface area (Å²) >= 11 is 0. The highest BCUT2D eigenvalue weighted by atomic mass is 15.3. The lowest BCUT2D eigenvalue weighted by Crippen LogP contribution is -2.34. The molecule has 1 aromatic rings. The number of aromatic nitrogens is 2. The standard InChI is InChI=1S/C14H28N4/c1-6-17(10-8-15-12(2)3)11-14-7-9-18(16-14)13(4)5/h7,9,12-13,15H,6,8,10-11H2,1-5H3. The van der Waals surface area contributed by atoms with E-state index in [1.54, 1.807) is 0 Å². The maximum absolute atomic E-state index is 4.60. The van der Waals surface area contributed by atoms with Crippen molar-refractivity contribution in [3.63, 3.8) is 0 Å². The van der Waals surface area contributed by atoms with E-state index in [0.717, 1.165) is 31.9 Å². The van der Waals surface area contributed by atoms with E-state index in [0.29, 0.717) is 12.1 Å². The van der Waals surface area contributed by atoms with Crippen LogP contribution in [0.1, 0.15) is 46.4 Å². The summed E-state index contributed by atoms with van der Waals surface area (Å²) in [6.45, 7) is 15.0. The molecule has 0 aliphatic rings. The lowest BCUT2D eigenvalue weighted by Gasteiger charge is -2.20. The van der Waals surface area contributed by atoms with E-state index in [1.165, 1.54) is 0 Å². The molecule has 0 atom stereocenters. The van der Waals surface area contributed by atoms with Crippen LogP contribution in [-0.2, 0) is 6.54 Å². The van der Waals surface area contributed by atoms with Crippen LogP contribution in [0.5, 0.6) is 0 Å². The van der Waals surface area contributed by atoms with E-state index >= 15 is 0 Å². The van der Waals surface area contributed by atoms with Crippen molar-refractivity contribution in [2.75, 3.05) is 19.6 Å². The zero-order valence-corrected chi connectivity index (χ0v) is 12.5. The van der Waals surface area contributed by atoms with Gasteiger partial charge in [0.1, 0.15) is 0 Å². The van der Waals surface area contributed by atoms with Gasteiger partial charge in [-0.3, -0.25) is 9.58 Å². The quantitative estimate of drug-likeness (QED) is 0.770. The molecule has 1 aromatic heterocycles. The summed E-state index contributed by atoms with van der Waals surface area (Å²) in [4.78, 5) is 2.42. The molecule has 4 heteroatoms. The van der Waals surface area contributed by atoms with E-state index < -0.39 is 0 Å². The molecule has 0 aliphatic heterocycles. The van der Waals surface area contributed by atoms with Crippen molar-refractivity contribution < 1.29 is 0 Å². The van der Waals surface area contributed by atoms with Gasteiger partial charge in [-0.2, -0.15) is 5.10 Å². The first-order valence-corrected chi connectivity index (χ1v) is 7.02. The number of likely N-dealkylation sites (N-methyl/N-ethyl adjacent to an activating group) is 1. The third-order valence-electron chi connectivity index (χ3n) is 3.01. The lowest BCUT2D eigenvalue weighted by atomic mass is 10.3. The maximum Gasteiger partial charge on any atom is 0.0764 e. The van der Waals surface area contributed by atoms with Crippen LogP contribution in [0.3, 0.4) is 0 Å². The molecule has 0 fully saturated rings. The smallest absolute Gasteiger partial charge is 0.0764 e. The van der Waals surface area contributed by atoms with Gasteiger partial charge >= 0.3 is 0 Å². The van der Waals surface area contributed by atoms with E-state index in [9.17, 15) is 0 Å². The minimum atomic E-state index is 0.441. The molecule has 0 amide bonds. The summed E-state index contributed by atoms with van der Waals surface area (Å²) < 4.78 is 2.02. The average Bonchev–Trinajstić information content (AvgIpc) is 2.76. The molecule has 1 rings (SSSR count). The van der Waals surface area contributed by atoms with Crippen molar-refractivity contribution in [3.8, 4) is 0 Å². The fourth-order valence-electron chi connectivity index (χ4n) is 1.84. The van der Waals surface area contributed by atoms with Gasteiger partial charge in [0.25, 0.3) is 0 Å². The Labute approximate surface area is 111 Å². The van der Waals surface area contributed by atoms with Crippen molar-refractivity contribution >= 4 is 0 Å². The van der Waals surface area contributed by atoms with Gasteiger partial charge in [-0.1, -0.05) is 20.8 Å². The second kappa shape index (κ2) is 7.54. The summed E-state index contributed by atoms with van der Waals surface area (Å²) in [6, 6.07) is 3.12. The van der Waals surface area contributed by atoms with Crippen molar-refractivity contribution in [2.24, 2.45) is 0 Å². The Hall–Kier alpha value is -0.870. The zero-order chi connectivity index (χ0) is 13.5. The van der Waals surface area contributed by atoms with Gasteiger partial charge in [0.15, 0.2) is 0 Å². The monoisotopic (exact) mass is 252 g/mol. The molecule has 1 heterocycles. The Morgan fingerprint density at radius 2 is 2.06 bits per heavy atom. The number of hydrogen-bond donors (Lipinski definition) is 1. The highest BCUT2D eigenvalue weighted by Gasteiger charge is 2.07. The van der Waals surface area contributed by atoms with Gasteiger partial charge in [0.2, 0.25) is 0 Å². The summed E-state index contributed by atoms with van der Waals surface area (Å²) in [5.74, 6) is 0. The molecular formula is C14H28N4. The maximum atomic E-state index is 4.60. The molecule has 4 nitrogen and oxygen atoms in total. The molecule has 0 saturated carbocycles. The van der Waals surface area contributed by atoms with Gasteiger partial charge in [-0.15, -0.1) is 0 Å². The second-order valence-electron chi connectivity index (χ2n) is 5.36. The zero-order valence-electron chi connectivity index (χ0n) is 12.5. The van der Waals surface area contributed by atoms with Gasteiger partial charge in [0, 0.05) is 37.9 Å². The lowest BCUT2D eigenvalue weighted by molar-refractivity contribution is 0.271. The average molecular weight is 252 g/mol. The van der Waals surface area contributed by atoms with Gasteiger partial charge in [-0.25, -0.2) is 0 Å². The molecule has 1 N–H and O–H groups in total. The van der Waals surface area contributed by atoms with Crippen molar-refractivity contribution in [2.45, 2.75) is 53.2 Å². The predicted octanol–water partition coefficient (Wildman–Crippen LogP) is 2.28. The molecule has 0 aromatic carbocycles. The fraction of sp³-hybridized carbons (Fsp3) is 0.786. The predicted molar refractivity (Wildman–Crippen MR) is 76.7 cm³/mol. The first kappa shape index (κ1) is 15.2. The van der Waals surface area contributed by atoms with Crippen LogP contribution in [0.4, 0.5) is 0 Å². The summed E-state index contributed by atoms with van der Waals surface area (Å²) in [6.07, 6.45) is 2.07. The third kappa shape index (κ3) is 5.19. The van der Waals surface area contributed by atoms with Gasteiger partial charge < -0.3 is 5.32 Å². The molecule has 104 valence electrons. The molecule has 18 heavy (non-hydrogen) atoms. The normalized spacial score (nSPS) is 12.0. The summed E-state index contributed by atoms with van der Waals surface area (Å²) in [7, 11) is 0. The SMILES string of the molecule is CCN(CCNC(C)C)Cc1ccn(C(C)C)n1. The van der Waals surface area contributed by atoms with Crippen LogP contribution < -0.4 is 5.32 Å². The van der Waals surface area contributed by atoms with Gasteiger partial charge in [0.05, 0.1) is 5.69 Å².